The summed E-state index contributed by atoms with van der Waals surface area (Å²) in [6.07, 6.45) is 0.258. The van der Waals surface area contributed by atoms with Crippen LogP contribution in [0.1, 0.15) is 65.2 Å². The maximum atomic E-state index is 13.4. The lowest BCUT2D eigenvalue weighted by molar-refractivity contribution is -0.164. The van der Waals surface area contributed by atoms with Gasteiger partial charge in [0, 0.05) is 12.1 Å². The minimum Gasteiger partial charge on any atom is -0.460 e. The number of hydrogen-bond donors (Lipinski definition) is 3. The molecule has 0 aliphatic carbocycles. The summed E-state index contributed by atoms with van der Waals surface area (Å²) in [5.74, 6) is -4.52. The number of hydrazine groups is 1. The van der Waals surface area contributed by atoms with E-state index in [2.05, 4.69) is 16.1 Å². The summed E-state index contributed by atoms with van der Waals surface area (Å²) < 4.78 is 5.58. The molecule has 1 aromatic rings. The molecule has 198 valence electrons. The maximum absolute atomic E-state index is 13.4. The van der Waals surface area contributed by atoms with Gasteiger partial charge in [-0.2, -0.15) is 5.01 Å². The Labute approximate surface area is 212 Å². The Balaban J connectivity index is 2.30. The van der Waals surface area contributed by atoms with Gasteiger partial charge in [0.25, 0.3) is 11.8 Å². The average Bonchev–Trinajstić information content (AvgIpc) is 3.06. The van der Waals surface area contributed by atoms with Crippen LogP contribution in [0.4, 0.5) is 4.79 Å². The SMILES string of the molecule is CC(C)C[C@@H](C(=O)NN1C(=O)NC(C(C)C)C1=O)[C@H](CNC(=O)c1ccccc1)C(=O)OC(C)(C)C. The van der Waals surface area contributed by atoms with Crippen molar-refractivity contribution in [2.75, 3.05) is 6.54 Å². The molecule has 0 bridgehead atoms. The first-order chi connectivity index (χ1) is 16.7. The third-order valence-electron chi connectivity index (χ3n) is 5.63. The van der Waals surface area contributed by atoms with Gasteiger partial charge in [-0.1, -0.05) is 45.9 Å². The third-order valence-corrected chi connectivity index (χ3v) is 5.63. The van der Waals surface area contributed by atoms with Gasteiger partial charge in [0.15, 0.2) is 0 Å². The van der Waals surface area contributed by atoms with E-state index in [-0.39, 0.29) is 24.8 Å². The summed E-state index contributed by atoms with van der Waals surface area (Å²) in [6, 6.07) is 7.01. The van der Waals surface area contributed by atoms with E-state index in [1.807, 2.05) is 13.8 Å². The summed E-state index contributed by atoms with van der Waals surface area (Å²) in [6.45, 7) is 12.3. The molecule has 5 amide bonds. The Kier molecular flexibility index (Phi) is 9.61. The van der Waals surface area contributed by atoms with E-state index >= 15 is 0 Å². The second-order valence-corrected chi connectivity index (χ2v) is 10.8. The summed E-state index contributed by atoms with van der Waals surface area (Å²) in [5, 5.41) is 5.94. The van der Waals surface area contributed by atoms with Gasteiger partial charge in [-0.3, -0.25) is 24.6 Å². The van der Waals surface area contributed by atoms with E-state index in [9.17, 15) is 24.0 Å². The number of rotatable bonds is 10. The zero-order chi connectivity index (χ0) is 27.2. The minimum atomic E-state index is -1.05. The van der Waals surface area contributed by atoms with Gasteiger partial charge in [0.1, 0.15) is 11.6 Å². The number of imide groups is 1. The predicted octanol–water partition coefficient (Wildman–Crippen LogP) is 2.64. The number of nitrogens with one attached hydrogen (secondary N) is 3. The van der Waals surface area contributed by atoms with Crippen LogP contribution in [-0.2, 0) is 19.1 Å². The molecule has 0 aromatic heterocycles. The molecule has 0 saturated carbocycles. The number of nitrogens with zero attached hydrogens (tertiary/aromatic N) is 1. The van der Waals surface area contributed by atoms with E-state index in [1.54, 1.807) is 65.0 Å². The fourth-order valence-corrected chi connectivity index (χ4v) is 3.87. The van der Waals surface area contributed by atoms with Crippen LogP contribution in [-0.4, -0.2) is 52.9 Å². The smallest absolute Gasteiger partial charge is 0.344 e. The molecule has 1 saturated heterocycles. The number of esters is 1. The number of hydrogen-bond acceptors (Lipinski definition) is 6. The molecule has 1 aliphatic heterocycles. The highest BCUT2D eigenvalue weighted by atomic mass is 16.6. The van der Waals surface area contributed by atoms with Crippen LogP contribution in [0.3, 0.4) is 0 Å². The fraction of sp³-hybridized carbons (Fsp3) is 0.577. The standard InChI is InChI=1S/C26H38N4O6/c1-15(2)13-18(22(32)29-30-23(33)20(16(3)4)28-25(30)35)19(24(34)36-26(5,6)7)14-27-21(31)17-11-9-8-10-12-17/h8-12,15-16,18-20H,13-14H2,1-7H3,(H,27,31)(H,28,35)(H,29,32)/t18-,19+,20?/m1/s1. The Morgan fingerprint density at radius 2 is 1.64 bits per heavy atom. The monoisotopic (exact) mass is 502 g/mol. The van der Waals surface area contributed by atoms with E-state index in [1.165, 1.54) is 0 Å². The first kappa shape index (κ1) is 28.8. The number of carbonyl (C=O) groups is 5. The molecule has 1 aliphatic rings. The molecule has 0 spiro atoms. The lowest BCUT2D eigenvalue weighted by Gasteiger charge is -2.30. The molecular weight excluding hydrogens is 464 g/mol. The van der Waals surface area contributed by atoms with E-state index in [0.29, 0.717) is 10.6 Å². The van der Waals surface area contributed by atoms with E-state index < -0.39 is 53.2 Å². The molecule has 10 nitrogen and oxygen atoms in total. The molecule has 0 radical (unpaired) electrons. The van der Waals surface area contributed by atoms with Crippen LogP contribution >= 0.6 is 0 Å². The highest BCUT2D eigenvalue weighted by molar-refractivity contribution is 6.05. The van der Waals surface area contributed by atoms with Crippen molar-refractivity contribution in [1.29, 1.82) is 0 Å². The van der Waals surface area contributed by atoms with Crippen LogP contribution in [0.15, 0.2) is 30.3 Å². The lowest BCUT2D eigenvalue weighted by atomic mass is 9.84. The molecule has 1 unspecified atom stereocenters. The second kappa shape index (κ2) is 12.0. The predicted molar refractivity (Wildman–Crippen MR) is 133 cm³/mol. The van der Waals surface area contributed by atoms with Gasteiger partial charge >= 0.3 is 12.0 Å². The van der Waals surface area contributed by atoms with Gasteiger partial charge in [0.05, 0.1) is 11.8 Å². The molecular formula is C26H38N4O6. The number of amides is 5. The van der Waals surface area contributed by atoms with Gasteiger partial charge in [0.2, 0.25) is 5.91 Å². The van der Waals surface area contributed by atoms with Crippen LogP contribution in [0, 0.1) is 23.7 Å². The first-order valence-corrected chi connectivity index (χ1v) is 12.2. The average molecular weight is 503 g/mol. The van der Waals surface area contributed by atoms with Gasteiger partial charge in [-0.05, 0) is 51.2 Å². The second-order valence-electron chi connectivity index (χ2n) is 10.8. The Bertz CT molecular complexity index is 970. The largest absolute Gasteiger partial charge is 0.460 e. The van der Waals surface area contributed by atoms with E-state index in [4.69, 9.17) is 4.74 Å². The van der Waals surface area contributed by atoms with Crippen molar-refractivity contribution < 1.29 is 28.7 Å². The molecule has 2 rings (SSSR count). The van der Waals surface area contributed by atoms with Crippen molar-refractivity contribution in [3.05, 3.63) is 35.9 Å². The normalized spacial score (nSPS) is 17.6. The molecule has 1 heterocycles. The summed E-state index contributed by atoms with van der Waals surface area (Å²) in [5.41, 5.74) is 1.98. The summed E-state index contributed by atoms with van der Waals surface area (Å²) >= 11 is 0. The maximum Gasteiger partial charge on any atom is 0.344 e. The first-order valence-electron chi connectivity index (χ1n) is 12.2. The minimum absolute atomic E-state index is 0.0120. The molecule has 3 N–H and O–H groups in total. The molecule has 10 heteroatoms. The van der Waals surface area contributed by atoms with Crippen LogP contribution in [0.5, 0.6) is 0 Å². The number of urea groups is 1. The Morgan fingerprint density at radius 1 is 1.03 bits per heavy atom. The van der Waals surface area contributed by atoms with Crippen molar-refractivity contribution in [2.24, 2.45) is 23.7 Å². The van der Waals surface area contributed by atoms with E-state index in [0.717, 1.165) is 0 Å². The van der Waals surface area contributed by atoms with Crippen molar-refractivity contribution in [1.82, 2.24) is 21.1 Å². The summed E-state index contributed by atoms with van der Waals surface area (Å²) in [4.78, 5) is 64.4. The molecule has 1 fully saturated rings. The van der Waals surface area contributed by atoms with Crippen LogP contribution in [0.2, 0.25) is 0 Å². The zero-order valence-corrected chi connectivity index (χ0v) is 22.1. The summed E-state index contributed by atoms with van der Waals surface area (Å²) in [7, 11) is 0. The molecule has 1 aromatic carbocycles. The van der Waals surface area contributed by atoms with Crippen molar-refractivity contribution in [3.63, 3.8) is 0 Å². The van der Waals surface area contributed by atoms with Crippen molar-refractivity contribution in [2.45, 2.75) is 66.5 Å². The number of ether oxygens (including phenoxy) is 1. The number of benzene rings is 1. The van der Waals surface area contributed by atoms with Crippen molar-refractivity contribution >= 4 is 29.7 Å². The number of carbonyl (C=O) groups excluding carboxylic acids is 5. The lowest BCUT2D eigenvalue weighted by Crippen LogP contribution is -2.52. The van der Waals surface area contributed by atoms with Gasteiger partial charge in [-0.25, -0.2) is 4.79 Å². The molecule has 3 atom stereocenters. The highest BCUT2D eigenvalue weighted by Gasteiger charge is 2.43. The van der Waals surface area contributed by atoms with Crippen molar-refractivity contribution in [3.8, 4) is 0 Å². The van der Waals surface area contributed by atoms with Gasteiger partial charge in [-0.15, -0.1) is 0 Å². The zero-order valence-electron chi connectivity index (χ0n) is 22.1. The van der Waals surface area contributed by atoms with Crippen LogP contribution < -0.4 is 16.1 Å². The Hall–Kier alpha value is -3.43. The van der Waals surface area contributed by atoms with Crippen LogP contribution in [0.25, 0.3) is 0 Å². The molecule has 36 heavy (non-hydrogen) atoms. The highest BCUT2D eigenvalue weighted by Crippen LogP contribution is 2.25. The Morgan fingerprint density at radius 3 is 2.14 bits per heavy atom. The quantitative estimate of drug-likeness (QED) is 0.333. The topological polar surface area (TPSA) is 134 Å². The third kappa shape index (κ3) is 7.79. The fourth-order valence-electron chi connectivity index (χ4n) is 3.87. The van der Waals surface area contributed by atoms with Gasteiger partial charge < -0.3 is 15.4 Å².